The molecular formula is C21H28N2O5. The van der Waals surface area contributed by atoms with E-state index in [0.29, 0.717) is 19.3 Å². The molecule has 1 aliphatic heterocycles. The monoisotopic (exact) mass is 391 g/mol. The Morgan fingerprint density at radius 2 is 2.00 bits per heavy atom. The molecule has 0 unspecified atom stereocenters. The summed E-state index contributed by atoms with van der Waals surface area (Å²) in [6.07, 6.45) is 3.07. The van der Waals surface area contributed by atoms with E-state index >= 15 is 0 Å². The lowest BCUT2D eigenvalue weighted by Crippen LogP contribution is -2.55. The van der Waals surface area contributed by atoms with Crippen molar-refractivity contribution in [1.82, 2.24) is 10.2 Å². The van der Waals surface area contributed by atoms with Crippen LogP contribution in [0.3, 0.4) is 0 Å². The lowest BCUT2D eigenvalue weighted by Gasteiger charge is -2.31. The largest absolute Gasteiger partial charge is 0.480 e. The van der Waals surface area contributed by atoms with Crippen molar-refractivity contribution in [3.8, 4) is 0 Å². The van der Waals surface area contributed by atoms with E-state index in [1.165, 1.54) is 4.90 Å². The molecule has 0 radical (unpaired) electrons. The van der Waals surface area contributed by atoms with Gasteiger partial charge in [-0.25, -0.2) is 4.79 Å². The van der Waals surface area contributed by atoms with Gasteiger partial charge in [-0.2, -0.15) is 0 Å². The molecule has 2 aliphatic rings. The van der Waals surface area contributed by atoms with Crippen LogP contribution in [0.1, 0.15) is 48.6 Å². The highest BCUT2D eigenvalue weighted by Crippen LogP contribution is 2.41. The minimum absolute atomic E-state index is 0.0376. The molecule has 2 fully saturated rings. The predicted molar refractivity (Wildman–Crippen MR) is 103 cm³/mol. The first-order chi connectivity index (χ1) is 14.6. The molecular weight excluding hydrogens is 360 g/mol. The topological polar surface area (TPSA) is 107 Å². The van der Waals surface area contributed by atoms with Crippen molar-refractivity contribution >= 4 is 17.8 Å². The number of nitrogens with zero attached hydrogens (tertiary/aromatic N) is 1. The number of fused-ring (bicyclic) bond motifs is 1. The average Bonchev–Trinajstić information content (AvgIpc) is 3.28. The maximum Gasteiger partial charge on any atom is 0.326 e. The van der Waals surface area contributed by atoms with Gasteiger partial charge in [-0.1, -0.05) is 36.8 Å². The first kappa shape index (κ1) is 16.5. The fraction of sp³-hybridized carbons (Fsp3) is 0.571. The first-order valence-electron chi connectivity index (χ1n) is 11.2. The Hall–Kier alpha value is -2.41. The third-order valence-electron chi connectivity index (χ3n) is 5.85. The van der Waals surface area contributed by atoms with Crippen LogP contribution in [0.25, 0.3) is 0 Å². The first-order valence-corrected chi connectivity index (χ1v) is 9.67. The Morgan fingerprint density at radius 3 is 2.64 bits per heavy atom. The molecule has 1 heterocycles. The van der Waals surface area contributed by atoms with Gasteiger partial charge in [-0.15, -0.1) is 0 Å². The van der Waals surface area contributed by atoms with Crippen LogP contribution in [0, 0.1) is 5.92 Å². The molecule has 1 saturated carbocycles. The second-order valence-electron chi connectivity index (χ2n) is 7.61. The van der Waals surface area contributed by atoms with Crippen molar-refractivity contribution < 1.29 is 28.7 Å². The van der Waals surface area contributed by atoms with Crippen LogP contribution < -0.4 is 5.32 Å². The molecule has 7 heteroatoms. The van der Waals surface area contributed by atoms with Crippen molar-refractivity contribution in [1.29, 1.82) is 0 Å². The number of carbonyl (C=O) groups is 3. The van der Waals surface area contributed by atoms with Crippen LogP contribution in [0.15, 0.2) is 30.3 Å². The number of carboxylic acid groups (broad SMARTS) is 2. The number of carbonyl (C=O) groups excluding carboxylic acids is 1. The van der Waals surface area contributed by atoms with Gasteiger partial charge in [0.1, 0.15) is 12.1 Å². The van der Waals surface area contributed by atoms with E-state index in [-0.39, 0.29) is 18.4 Å². The van der Waals surface area contributed by atoms with Gasteiger partial charge in [0.25, 0.3) is 0 Å². The predicted octanol–water partition coefficient (Wildman–Crippen LogP) is 1.90. The number of likely N-dealkylation sites (tertiary alicyclic amines) is 1. The van der Waals surface area contributed by atoms with Crippen LogP contribution in [-0.4, -0.2) is 57.1 Å². The minimum Gasteiger partial charge on any atom is -0.480 e. The van der Waals surface area contributed by atoms with Crippen molar-refractivity contribution in [3.63, 3.8) is 0 Å². The molecule has 0 bridgehead atoms. The van der Waals surface area contributed by atoms with Gasteiger partial charge in [0.2, 0.25) is 5.91 Å². The van der Waals surface area contributed by atoms with E-state index in [1.807, 2.05) is 30.3 Å². The summed E-state index contributed by atoms with van der Waals surface area (Å²) in [5, 5.41) is 21.8. The zero-order valence-electron chi connectivity index (χ0n) is 18.6. The summed E-state index contributed by atoms with van der Waals surface area (Å²) in [4.78, 5) is 38.1. The Labute approximate surface area is 168 Å². The van der Waals surface area contributed by atoms with Gasteiger partial charge in [0, 0.05) is 10.2 Å². The Kier molecular flexibility index (Phi) is 5.16. The summed E-state index contributed by atoms with van der Waals surface area (Å²) in [6, 6.07) is 4.72. The number of nitrogens with one attached hydrogen (secondary N) is 1. The van der Waals surface area contributed by atoms with Crippen LogP contribution in [0.2, 0.25) is 0 Å². The molecule has 1 amide bonds. The summed E-state index contributed by atoms with van der Waals surface area (Å²) in [7, 11) is 0. The molecule has 28 heavy (non-hydrogen) atoms. The summed E-state index contributed by atoms with van der Waals surface area (Å²) in [5.74, 6) is -3.23. The molecule has 5 atom stereocenters. The van der Waals surface area contributed by atoms with Crippen molar-refractivity contribution in [2.24, 2.45) is 5.92 Å². The highest BCUT2D eigenvalue weighted by atomic mass is 16.4. The average molecular weight is 391 g/mol. The quantitative estimate of drug-likeness (QED) is 0.625. The zero-order chi connectivity index (χ0) is 22.8. The highest BCUT2D eigenvalue weighted by Gasteiger charge is 2.49. The Balaban J connectivity index is 1.80. The number of rotatable bonds is 8. The number of benzene rings is 1. The molecule has 0 aromatic heterocycles. The van der Waals surface area contributed by atoms with Crippen molar-refractivity contribution in [2.75, 3.05) is 0 Å². The standard InChI is InChI=1S/C21H28N2O5/c1-13(22-16(20(25)26)11-10-14-6-3-2-4-7-14)19(24)23-17-9-5-8-15(17)12-18(23)21(27)28/h2-4,6-7,13,15-18,22H,5,8-12H2,1H3,(H,25,26)(H,27,28)/t13-,15-,16-,17-,18-/m0/s1/i1D3. The Morgan fingerprint density at radius 1 is 1.25 bits per heavy atom. The molecule has 1 aromatic carbocycles. The molecule has 0 spiro atoms. The third-order valence-corrected chi connectivity index (χ3v) is 5.85. The number of aryl methyl sites for hydroxylation is 1. The molecule has 3 N–H and O–H groups in total. The number of amides is 1. The zero-order valence-corrected chi connectivity index (χ0v) is 15.6. The fourth-order valence-corrected chi connectivity index (χ4v) is 4.48. The lowest BCUT2D eigenvalue weighted by molar-refractivity contribution is -0.151. The number of carboxylic acids is 2. The minimum atomic E-state index is -2.82. The van der Waals surface area contributed by atoms with E-state index in [0.717, 1.165) is 18.4 Å². The van der Waals surface area contributed by atoms with Gasteiger partial charge >= 0.3 is 11.9 Å². The molecule has 1 aromatic rings. The SMILES string of the molecule is [2H]C([2H])([2H])[C@H](N[C@@H](CCc1ccccc1)C(=O)O)C(=O)N1[C@H](C(=O)O)C[C@@H]2CCC[C@@H]21. The van der Waals surface area contributed by atoms with Gasteiger partial charge in [-0.3, -0.25) is 14.9 Å². The number of aliphatic carboxylic acids is 2. The maximum absolute atomic E-state index is 13.3. The second-order valence-corrected chi connectivity index (χ2v) is 7.61. The smallest absolute Gasteiger partial charge is 0.326 e. The summed E-state index contributed by atoms with van der Waals surface area (Å²) < 4.78 is 23.6. The van der Waals surface area contributed by atoms with E-state index in [9.17, 15) is 24.6 Å². The van der Waals surface area contributed by atoms with Gasteiger partial charge < -0.3 is 15.1 Å². The molecule has 7 nitrogen and oxygen atoms in total. The molecule has 3 rings (SSSR count). The number of hydrogen-bond acceptors (Lipinski definition) is 4. The van der Waals surface area contributed by atoms with Crippen LogP contribution in [0.4, 0.5) is 0 Å². The summed E-state index contributed by atoms with van der Waals surface area (Å²) in [6.45, 7) is -2.82. The normalized spacial score (nSPS) is 27.9. The van der Waals surface area contributed by atoms with Crippen molar-refractivity contribution in [3.05, 3.63) is 35.9 Å². The van der Waals surface area contributed by atoms with Crippen LogP contribution >= 0.6 is 0 Å². The second kappa shape index (κ2) is 8.73. The van der Waals surface area contributed by atoms with Crippen LogP contribution in [-0.2, 0) is 20.8 Å². The van der Waals surface area contributed by atoms with Gasteiger partial charge in [0.05, 0.1) is 6.04 Å². The third kappa shape index (κ3) is 4.35. The Bertz CT molecular complexity index is 817. The van der Waals surface area contributed by atoms with E-state index < -0.39 is 42.8 Å². The molecule has 1 aliphatic carbocycles. The van der Waals surface area contributed by atoms with E-state index in [2.05, 4.69) is 5.32 Å². The number of hydrogen-bond donors (Lipinski definition) is 3. The molecule has 1 saturated heterocycles. The van der Waals surface area contributed by atoms with Crippen LogP contribution in [0.5, 0.6) is 0 Å². The maximum atomic E-state index is 13.3. The van der Waals surface area contributed by atoms with E-state index in [4.69, 9.17) is 4.11 Å². The summed E-state index contributed by atoms with van der Waals surface area (Å²) >= 11 is 0. The highest BCUT2D eigenvalue weighted by molar-refractivity contribution is 5.88. The van der Waals surface area contributed by atoms with E-state index in [1.54, 1.807) is 0 Å². The summed E-state index contributed by atoms with van der Waals surface area (Å²) in [5.41, 5.74) is 0.895. The lowest BCUT2D eigenvalue weighted by atomic mass is 10.0. The van der Waals surface area contributed by atoms with Gasteiger partial charge in [-0.05, 0) is 50.4 Å². The molecule has 152 valence electrons. The van der Waals surface area contributed by atoms with Gasteiger partial charge in [0.15, 0.2) is 0 Å². The van der Waals surface area contributed by atoms with Crippen molar-refractivity contribution in [2.45, 2.75) is 69.5 Å². The fourth-order valence-electron chi connectivity index (χ4n) is 4.48.